The van der Waals surface area contributed by atoms with Crippen molar-refractivity contribution in [2.24, 2.45) is 11.8 Å². The molecule has 0 radical (unpaired) electrons. The standard InChI is InChI=1S/C15H24N2O/c1-12-10-17(11-13(12)2)8-3-9-18-15-6-4-14(16)5-7-15/h4-7,12-13H,3,8-11,16H2,1-2H3. The van der Waals surface area contributed by atoms with Crippen molar-refractivity contribution in [3.8, 4) is 5.75 Å². The molecule has 0 amide bonds. The van der Waals surface area contributed by atoms with E-state index in [0.29, 0.717) is 0 Å². The van der Waals surface area contributed by atoms with E-state index in [-0.39, 0.29) is 0 Å². The summed E-state index contributed by atoms with van der Waals surface area (Å²) in [6.07, 6.45) is 1.09. The molecular formula is C15H24N2O. The van der Waals surface area contributed by atoms with Crippen molar-refractivity contribution in [2.45, 2.75) is 20.3 Å². The lowest BCUT2D eigenvalue weighted by atomic mass is 10.0. The van der Waals surface area contributed by atoms with Gasteiger partial charge in [-0.25, -0.2) is 0 Å². The molecule has 3 heteroatoms. The smallest absolute Gasteiger partial charge is 0.119 e. The van der Waals surface area contributed by atoms with Crippen molar-refractivity contribution >= 4 is 5.69 Å². The van der Waals surface area contributed by atoms with Crippen molar-refractivity contribution in [1.29, 1.82) is 0 Å². The van der Waals surface area contributed by atoms with E-state index in [1.54, 1.807) is 0 Å². The van der Waals surface area contributed by atoms with Gasteiger partial charge >= 0.3 is 0 Å². The second-order valence-electron chi connectivity index (χ2n) is 5.49. The molecule has 0 saturated carbocycles. The van der Waals surface area contributed by atoms with Gasteiger partial charge < -0.3 is 15.4 Å². The molecule has 1 aliphatic rings. The summed E-state index contributed by atoms with van der Waals surface area (Å²) in [6, 6.07) is 7.60. The Balaban J connectivity index is 1.63. The molecule has 2 N–H and O–H groups in total. The lowest BCUT2D eigenvalue weighted by Gasteiger charge is -2.15. The molecule has 0 spiro atoms. The van der Waals surface area contributed by atoms with E-state index in [0.717, 1.165) is 42.8 Å². The van der Waals surface area contributed by atoms with E-state index in [1.165, 1.54) is 13.1 Å². The normalized spacial score (nSPS) is 24.3. The molecule has 1 aromatic rings. The SMILES string of the molecule is CC1CN(CCCOc2ccc(N)cc2)CC1C. The van der Waals surface area contributed by atoms with Crippen LogP contribution in [-0.4, -0.2) is 31.1 Å². The first-order chi connectivity index (χ1) is 8.65. The third kappa shape index (κ3) is 3.64. The first kappa shape index (κ1) is 13.2. The van der Waals surface area contributed by atoms with Gasteiger partial charge in [0.05, 0.1) is 6.61 Å². The molecule has 1 heterocycles. The minimum atomic E-state index is 0.780. The summed E-state index contributed by atoms with van der Waals surface area (Å²) in [6.45, 7) is 9.09. The van der Waals surface area contributed by atoms with Crippen LogP contribution < -0.4 is 10.5 Å². The first-order valence-electron chi connectivity index (χ1n) is 6.86. The zero-order chi connectivity index (χ0) is 13.0. The van der Waals surface area contributed by atoms with Crippen LogP contribution in [0.15, 0.2) is 24.3 Å². The van der Waals surface area contributed by atoms with E-state index < -0.39 is 0 Å². The fourth-order valence-electron chi connectivity index (χ4n) is 2.47. The van der Waals surface area contributed by atoms with Gasteiger partial charge in [-0.3, -0.25) is 0 Å². The van der Waals surface area contributed by atoms with E-state index in [1.807, 2.05) is 24.3 Å². The highest BCUT2D eigenvalue weighted by Gasteiger charge is 2.25. The Bertz CT molecular complexity index is 353. The Hall–Kier alpha value is -1.22. The lowest BCUT2D eigenvalue weighted by molar-refractivity contribution is 0.258. The number of rotatable bonds is 5. The Morgan fingerprint density at radius 1 is 1.17 bits per heavy atom. The van der Waals surface area contributed by atoms with Gasteiger partial charge in [-0.2, -0.15) is 0 Å². The predicted octanol–water partition coefficient (Wildman–Crippen LogP) is 2.63. The average molecular weight is 248 g/mol. The molecule has 0 aromatic heterocycles. The van der Waals surface area contributed by atoms with Crippen molar-refractivity contribution in [2.75, 3.05) is 32.0 Å². The number of hydrogen-bond acceptors (Lipinski definition) is 3. The summed E-state index contributed by atoms with van der Waals surface area (Å²) in [5.41, 5.74) is 6.41. The number of likely N-dealkylation sites (tertiary alicyclic amines) is 1. The van der Waals surface area contributed by atoms with E-state index in [9.17, 15) is 0 Å². The summed E-state index contributed by atoms with van der Waals surface area (Å²) in [7, 11) is 0. The average Bonchev–Trinajstić information content (AvgIpc) is 2.67. The van der Waals surface area contributed by atoms with Gasteiger partial charge in [0.1, 0.15) is 5.75 Å². The van der Waals surface area contributed by atoms with Crippen LogP contribution in [0.25, 0.3) is 0 Å². The molecule has 1 aliphatic heterocycles. The summed E-state index contributed by atoms with van der Waals surface area (Å²) in [5, 5.41) is 0. The number of nitrogens with zero attached hydrogens (tertiary/aromatic N) is 1. The molecule has 18 heavy (non-hydrogen) atoms. The number of nitrogens with two attached hydrogens (primary N) is 1. The number of hydrogen-bond donors (Lipinski definition) is 1. The molecule has 0 bridgehead atoms. The molecule has 1 saturated heterocycles. The van der Waals surface area contributed by atoms with Crippen molar-refractivity contribution in [3.05, 3.63) is 24.3 Å². The highest BCUT2D eigenvalue weighted by atomic mass is 16.5. The first-order valence-corrected chi connectivity index (χ1v) is 6.86. The van der Waals surface area contributed by atoms with Crippen LogP contribution in [0.3, 0.4) is 0 Å². The summed E-state index contributed by atoms with van der Waals surface area (Å²) >= 11 is 0. The Morgan fingerprint density at radius 2 is 1.78 bits per heavy atom. The molecule has 1 fully saturated rings. The Kier molecular flexibility index (Phi) is 4.48. The molecule has 3 nitrogen and oxygen atoms in total. The van der Waals surface area contributed by atoms with Crippen LogP contribution in [0, 0.1) is 11.8 Å². The zero-order valence-corrected chi connectivity index (χ0v) is 11.4. The van der Waals surface area contributed by atoms with Crippen LogP contribution in [0.5, 0.6) is 5.75 Å². The topological polar surface area (TPSA) is 38.5 Å². The zero-order valence-electron chi connectivity index (χ0n) is 11.4. The summed E-state index contributed by atoms with van der Waals surface area (Å²) in [5.74, 6) is 2.58. The maximum absolute atomic E-state index is 5.69. The van der Waals surface area contributed by atoms with Crippen LogP contribution in [-0.2, 0) is 0 Å². The number of anilines is 1. The van der Waals surface area contributed by atoms with Gasteiger partial charge in [0, 0.05) is 25.3 Å². The van der Waals surface area contributed by atoms with E-state index >= 15 is 0 Å². The fourth-order valence-corrected chi connectivity index (χ4v) is 2.47. The van der Waals surface area contributed by atoms with Crippen molar-refractivity contribution in [3.63, 3.8) is 0 Å². The highest BCUT2D eigenvalue weighted by Crippen LogP contribution is 2.22. The van der Waals surface area contributed by atoms with Gasteiger partial charge in [0.15, 0.2) is 0 Å². The second kappa shape index (κ2) is 6.10. The monoisotopic (exact) mass is 248 g/mol. The molecule has 1 aromatic carbocycles. The fraction of sp³-hybridized carbons (Fsp3) is 0.600. The van der Waals surface area contributed by atoms with Crippen LogP contribution in [0.2, 0.25) is 0 Å². The van der Waals surface area contributed by atoms with E-state index in [2.05, 4.69) is 18.7 Å². The minimum absolute atomic E-state index is 0.780. The maximum Gasteiger partial charge on any atom is 0.119 e. The van der Waals surface area contributed by atoms with Gasteiger partial charge in [0.2, 0.25) is 0 Å². The lowest BCUT2D eigenvalue weighted by Crippen LogP contribution is -2.23. The summed E-state index contributed by atoms with van der Waals surface area (Å²) < 4.78 is 5.69. The third-order valence-corrected chi connectivity index (χ3v) is 3.83. The molecule has 2 unspecified atom stereocenters. The highest BCUT2D eigenvalue weighted by molar-refractivity contribution is 5.41. The number of ether oxygens (including phenoxy) is 1. The van der Waals surface area contributed by atoms with Crippen LogP contribution in [0.1, 0.15) is 20.3 Å². The number of nitrogen functional groups attached to an aromatic ring is 1. The molecule has 2 rings (SSSR count). The molecule has 100 valence electrons. The van der Waals surface area contributed by atoms with Crippen LogP contribution >= 0.6 is 0 Å². The van der Waals surface area contributed by atoms with E-state index in [4.69, 9.17) is 10.5 Å². The molecule has 0 aliphatic carbocycles. The summed E-state index contributed by atoms with van der Waals surface area (Å²) in [4.78, 5) is 2.54. The van der Waals surface area contributed by atoms with Gasteiger partial charge in [-0.15, -0.1) is 0 Å². The Morgan fingerprint density at radius 3 is 2.39 bits per heavy atom. The van der Waals surface area contributed by atoms with Crippen molar-refractivity contribution in [1.82, 2.24) is 4.90 Å². The van der Waals surface area contributed by atoms with Crippen LogP contribution in [0.4, 0.5) is 5.69 Å². The van der Waals surface area contributed by atoms with Crippen molar-refractivity contribution < 1.29 is 4.74 Å². The number of benzene rings is 1. The molecule has 2 atom stereocenters. The molecular weight excluding hydrogens is 224 g/mol. The van der Waals surface area contributed by atoms with Gasteiger partial charge in [0.25, 0.3) is 0 Å². The minimum Gasteiger partial charge on any atom is -0.494 e. The predicted molar refractivity (Wildman–Crippen MR) is 75.7 cm³/mol. The quantitative estimate of drug-likeness (QED) is 0.643. The maximum atomic E-state index is 5.69. The second-order valence-corrected chi connectivity index (χ2v) is 5.49. The Labute approximate surface area is 110 Å². The third-order valence-electron chi connectivity index (χ3n) is 3.83. The largest absolute Gasteiger partial charge is 0.494 e. The van der Waals surface area contributed by atoms with Gasteiger partial charge in [-0.05, 0) is 42.5 Å². The van der Waals surface area contributed by atoms with Gasteiger partial charge in [-0.1, -0.05) is 13.8 Å².